The molecule has 0 aliphatic heterocycles. The van der Waals surface area contributed by atoms with Gasteiger partial charge in [0.25, 0.3) is 5.56 Å². The van der Waals surface area contributed by atoms with E-state index in [1.165, 1.54) is 24.3 Å². The van der Waals surface area contributed by atoms with Crippen LogP contribution in [-0.2, 0) is 6.54 Å². The number of rotatable bonds is 5. The molecule has 0 aliphatic carbocycles. The monoisotopic (exact) mass is 404 g/mol. The summed E-state index contributed by atoms with van der Waals surface area (Å²) in [5.41, 5.74) is 1.51. The number of nitrogens with zero attached hydrogens (tertiary/aromatic N) is 2. The van der Waals surface area contributed by atoms with Crippen LogP contribution in [0.3, 0.4) is 0 Å². The Balaban J connectivity index is 1.83. The van der Waals surface area contributed by atoms with Gasteiger partial charge in [-0.05, 0) is 42.0 Å². The summed E-state index contributed by atoms with van der Waals surface area (Å²) in [4.78, 5) is 17.4. The molecule has 0 saturated carbocycles. The Hall–Kier alpha value is -3.80. The van der Waals surface area contributed by atoms with Crippen molar-refractivity contribution in [3.05, 3.63) is 100 Å². The molecule has 0 fully saturated rings. The highest BCUT2D eigenvalue weighted by molar-refractivity contribution is 5.88. The van der Waals surface area contributed by atoms with Gasteiger partial charge in [-0.25, -0.2) is 13.8 Å². The molecular formula is C24H18F2N2O2. The minimum absolute atomic E-state index is 0.119. The van der Waals surface area contributed by atoms with E-state index in [1.54, 1.807) is 30.0 Å². The fourth-order valence-electron chi connectivity index (χ4n) is 3.37. The van der Waals surface area contributed by atoms with E-state index in [4.69, 9.17) is 4.74 Å². The number of benzene rings is 2. The number of methoxy groups -OCH3 is 1. The van der Waals surface area contributed by atoms with Crippen LogP contribution in [0.2, 0.25) is 0 Å². The van der Waals surface area contributed by atoms with Crippen molar-refractivity contribution in [3.63, 3.8) is 0 Å². The maximum absolute atomic E-state index is 14.2. The van der Waals surface area contributed by atoms with Crippen molar-refractivity contribution >= 4 is 17.0 Å². The third kappa shape index (κ3) is 3.48. The Morgan fingerprint density at radius 1 is 1.07 bits per heavy atom. The fourth-order valence-corrected chi connectivity index (χ4v) is 3.37. The lowest BCUT2D eigenvalue weighted by molar-refractivity contribution is 0.414. The predicted octanol–water partition coefficient (Wildman–Crippen LogP) is 5.04. The number of hydrogen-bond donors (Lipinski definition) is 0. The zero-order valence-electron chi connectivity index (χ0n) is 16.2. The van der Waals surface area contributed by atoms with Gasteiger partial charge in [0.05, 0.1) is 35.8 Å². The highest BCUT2D eigenvalue weighted by Gasteiger charge is 2.15. The quantitative estimate of drug-likeness (QED) is 0.468. The first kappa shape index (κ1) is 19.5. The van der Waals surface area contributed by atoms with Crippen molar-refractivity contribution in [1.82, 2.24) is 9.55 Å². The van der Waals surface area contributed by atoms with Crippen molar-refractivity contribution in [1.29, 1.82) is 0 Å². The Morgan fingerprint density at radius 3 is 2.40 bits per heavy atom. The molecule has 30 heavy (non-hydrogen) atoms. The number of ether oxygens (including phenoxy) is 1. The molecule has 4 nitrogen and oxygen atoms in total. The summed E-state index contributed by atoms with van der Waals surface area (Å²) >= 11 is 0. The molecule has 2 aromatic carbocycles. The van der Waals surface area contributed by atoms with Crippen LogP contribution in [-0.4, -0.2) is 16.7 Å². The lowest BCUT2D eigenvalue weighted by Gasteiger charge is -2.12. The van der Waals surface area contributed by atoms with E-state index < -0.39 is 11.6 Å². The molecule has 0 atom stereocenters. The molecular weight excluding hydrogens is 386 g/mol. The van der Waals surface area contributed by atoms with E-state index in [1.807, 2.05) is 24.3 Å². The average Bonchev–Trinajstić information content (AvgIpc) is 2.76. The fraction of sp³-hybridized carbons (Fsp3) is 0.0833. The zero-order valence-corrected chi connectivity index (χ0v) is 16.2. The second-order valence-corrected chi connectivity index (χ2v) is 6.76. The van der Waals surface area contributed by atoms with Crippen molar-refractivity contribution in [2.24, 2.45) is 0 Å². The summed E-state index contributed by atoms with van der Waals surface area (Å²) in [7, 11) is 1.59. The molecule has 0 radical (unpaired) electrons. The average molecular weight is 404 g/mol. The standard InChI is InChI=1S/C24H18F2N2O2/c1-3-16-14-28(13-15-7-9-17(30-2)10-8-15)24(29)18-11-12-21(27-23(16)18)22-19(25)5-4-6-20(22)26/h3-12,14H,1,13H2,2H3. The van der Waals surface area contributed by atoms with Crippen molar-refractivity contribution < 1.29 is 13.5 Å². The van der Waals surface area contributed by atoms with E-state index >= 15 is 0 Å². The van der Waals surface area contributed by atoms with Gasteiger partial charge >= 0.3 is 0 Å². The number of pyridine rings is 2. The first-order chi connectivity index (χ1) is 14.5. The third-order valence-corrected chi connectivity index (χ3v) is 4.91. The summed E-state index contributed by atoms with van der Waals surface area (Å²) in [5.74, 6) is -0.696. The van der Waals surface area contributed by atoms with E-state index in [2.05, 4.69) is 11.6 Å². The summed E-state index contributed by atoms with van der Waals surface area (Å²) in [6, 6.07) is 14.1. The van der Waals surface area contributed by atoms with Gasteiger partial charge in [-0.2, -0.15) is 0 Å². The minimum Gasteiger partial charge on any atom is -0.497 e. The maximum Gasteiger partial charge on any atom is 0.260 e. The Morgan fingerprint density at radius 2 is 1.77 bits per heavy atom. The van der Waals surface area contributed by atoms with Gasteiger partial charge in [-0.1, -0.05) is 30.9 Å². The van der Waals surface area contributed by atoms with Gasteiger partial charge in [0.2, 0.25) is 0 Å². The summed E-state index contributed by atoms with van der Waals surface area (Å²) in [6.07, 6.45) is 3.22. The second kappa shape index (κ2) is 7.91. The van der Waals surface area contributed by atoms with Crippen LogP contribution in [0.5, 0.6) is 5.75 Å². The van der Waals surface area contributed by atoms with E-state index in [0.29, 0.717) is 23.0 Å². The SMILES string of the molecule is C=Cc1cn(Cc2ccc(OC)cc2)c(=O)c2ccc(-c3c(F)cccc3F)nc12. The molecule has 0 N–H and O–H groups in total. The Labute approximate surface area is 171 Å². The molecule has 6 heteroatoms. The molecule has 2 heterocycles. The molecule has 0 aliphatic rings. The first-order valence-corrected chi connectivity index (χ1v) is 9.25. The molecule has 0 spiro atoms. The van der Waals surface area contributed by atoms with Crippen LogP contribution in [0.15, 0.2) is 72.2 Å². The molecule has 150 valence electrons. The molecule has 0 amide bonds. The Bertz CT molecular complexity index is 1290. The van der Waals surface area contributed by atoms with Crippen molar-refractivity contribution in [2.45, 2.75) is 6.54 Å². The summed E-state index contributed by atoms with van der Waals surface area (Å²) in [6.45, 7) is 4.15. The number of fused-ring (bicyclic) bond motifs is 1. The van der Waals surface area contributed by atoms with Gasteiger partial charge in [-0.15, -0.1) is 0 Å². The Kier molecular flexibility index (Phi) is 5.14. The summed E-state index contributed by atoms with van der Waals surface area (Å²) < 4.78 is 35.1. The number of halogens is 2. The number of aromatic nitrogens is 2. The topological polar surface area (TPSA) is 44.1 Å². The van der Waals surface area contributed by atoms with Crippen LogP contribution < -0.4 is 10.3 Å². The molecule has 0 bridgehead atoms. The largest absolute Gasteiger partial charge is 0.497 e. The van der Waals surface area contributed by atoms with E-state index in [9.17, 15) is 13.6 Å². The van der Waals surface area contributed by atoms with Crippen LogP contribution in [0.4, 0.5) is 8.78 Å². The normalized spacial score (nSPS) is 10.9. The van der Waals surface area contributed by atoms with Crippen LogP contribution in [0, 0.1) is 11.6 Å². The molecule has 2 aromatic heterocycles. The highest BCUT2D eigenvalue weighted by atomic mass is 19.1. The molecule has 4 rings (SSSR count). The van der Waals surface area contributed by atoms with Crippen molar-refractivity contribution in [2.75, 3.05) is 7.11 Å². The molecule has 0 saturated heterocycles. The van der Waals surface area contributed by atoms with Crippen LogP contribution in [0.1, 0.15) is 11.1 Å². The minimum atomic E-state index is -0.713. The van der Waals surface area contributed by atoms with E-state index in [0.717, 1.165) is 11.3 Å². The second-order valence-electron chi connectivity index (χ2n) is 6.76. The number of hydrogen-bond acceptors (Lipinski definition) is 3. The van der Waals surface area contributed by atoms with Gasteiger partial charge in [0.15, 0.2) is 0 Å². The van der Waals surface area contributed by atoms with Gasteiger partial charge in [0.1, 0.15) is 17.4 Å². The predicted molar refractivity (Wildman–Crippen MR) is 114 cm³/mol. The zero-order chi connectivity index (χ0) is 21.3. The van der Waals surface area contributed by atoms with Gasteiger partial charge in [0, 0.05) is 11.8 Å². The van der Waals surface area contributed by atoms with Crippen molar-refractivity contribution in [3.8, 4) is 17.0 Å². The first-order valence-electron chi connectivity index (χ1n) is 9.25. The smallest absolute Gasteiger partial charge is 0.260 e. The van der Waals surface area contributed by atoms with E-state index in [-0.39, 0.29) is 16.8 Å². The lowest BCUT2D eigenvalue weighted by atomic mass is 10.1. The maximum atomic E-state index is 14.2. The lowest BCUT2D eigenvalue weighted by Crippen LogP contribution is -2.21. The third-order valence-electron chi connectivity index (χ3n) is 4.91. The highest BCUT2D eigenvalue weighted by Crippen LogP contribution is 2.27. The van der Waals surface area contributed by atoms with Crippen LogP contribution in [0.25, 0.3) is 28.2 Å². The molecule has 0 unspecified atom stereocenters. The van der Waals surface area contributed by atoms with Gasteiger partial charge < -0.3 is 9.30 Å². The van der Waals surface area contributed by atoms with Crippen LogP contribution >= 0.6 is 0 Å². The van der Waals surface area contributed by atoms with Gasteiger partial charge in [-0.3, -0.25) is 4.79 Å². The molecule has 4 aromatic rings. The summed E-state index contributed by atoms with van der Waals surface area (Å²) in [5, 5.41) is 0.349.